The van der Waals surface area contributed by atoms with Crippen LogP contribution in [-0.4, -0.2) is 22.2 Å². The summed E-state index contributed by atoms with van der Waals surface area (Å²) in [4.78, 5) is 9.07. The van der Waals surface area contributed by atoms with Gasteiger partial charge in [-0.05, 0) is 32.0 Å². The van der Waals surface area contributed by atoms with Crippen LogP contribution < -0.4 is 10.1 Å². The third kappa shape index (κ3) is 3.57. The Bertz CT molecular complexity index is 1140. The molecule has 7 heteroatoms. The standard InChI is InChI=1S/C21H19BrN4O2/c1-12-4-6-14(7-5-12)18-19-20(28-26-18)21(25-13(2)24-19)23-11-15-10-16(22)8-9-17(15)27-3/h4-10H,11H2,1-3H3,(H,23,24,25). The molecule has 2 aromatic heterocycles. The Hall–Kier alpha value is -2.93. The summed E-state index contributed by atoms with van der Waals surface area (Å²) in [5, 5.41) is 7.59. The summed E-state index contributed by atoms with van der Waals surface area (Å²) in [6, 6.07) is 14.0. The van der Waals surface area contributed by atoms with Crippen LogP contribution in [0.5, 0.6) is 5.75 Å². The van der Waals surface area contributed by atoms with Crippen LogP contribution in [0.15, 0.2) is 51.5 Å². The van der Waals surface area contributed by atoms with Crippen molar-refractivity contribution in [1.29, 1.82) is 0 Å². The van der Waals surface area contributed by atoms with Crippen molar-refractivity contribution >= 4 is 32.8 Å². The molecule has 0 aliphatic rings. The Labute approximate surface area is 171 Å². The van der Waals surface area contributed by atoms with E-state index < -0.39 is 0 Å². The van der Waals surface area contributed by atoms with Crippen LogP contribution in [0.25, 0.3) is 22.4 Å². The van der Waals surface area contributed by atoms with Crippen molar-refractivity contribution in [3.8, 4) is 17.0 Å². The molecule has 0 fully saturated rings. The molecule has 4 rings (SSSR count). The maximum Gasteiger partial charge on any atom is 0.228 e. The maximum atomic E-state index is 5.61. The molecule has 0 spiro atoms. The number of ether oxygens (including phenoxy) is 1. The lowest BCUT2D eigenvalue weighted by Crippen LogP contribution is -2.05. The lowest BCUT2D eigenvalue weighted by Gasteiger charge is -2.11. The fourth-order valence-electron chi connectivity index (χ4n) is 3.03. The Balaban J connectivity index is 1.70. The van der Waals surface area contributed by atoms with Gasteiger partial charge in [-0.2, -0.15) is 0 Å². The second-order valence-electron chi connectivity index (χ2n) is 6.50. The minimum atomic E-state index is 0.523. The Kier molecular flexibility index (Phi) is 5.00. The summed E-state index contributed by atoms with van der Waals surface area (Å²) in [6.07, 6.45) is 0. The van der Waals surface area contributed by atoms with E-state index in [0.717, 1.165) is 21.3 Å². The minimum absolute atomic E-state index is 0.523. The number of hydrogen-bond donors (Lipinski definition) is 1. The van der Waals surface area contributed by atoms with Gasteiger partial charge >= 0.3 is 0 Å². The van der Waals surface area contributed by atoms with Gasteiger partial charge in [-0.3, -0.25) is 0 Å². The molecule has 2 heterocycles. The Morgan fingerprint density at radius 3 is 2.61 bits per heavy atom. The number of nitrogens with zero attached hydrogens (tertiary/aromatic N) is 3. The summed E-state index contributed by atoms with van der Waals surface area (Å²) >= 11 is 3.50. The summed E-state index contributed by atoms with van der Waals surface area (Å²) < 4.78 is 12.0. The molecule has 6 nitrogen and oxygen atoms in total. The molecule has 2 aromatic carbocycles. The van der Waals surface area contributed by atoms with E-state index in [1.807, 2.05) is 49.4 Å². The first-order valence-electron chi connectivity index (χ1n) is 8.82. The first-order valence-corrected chi connectivity index (χ1v) is 9.62. The molecule has 0 saturated heterocycles. The van der Waals surface area contributed by atoms with Gasteiger partial charge in [0.15, 0.2) is 5.82 Å². The van der Waals surface area contributed by atoms with Crippen molar-refractivity contribution in [3.05, 3.63) is 63.9 Å². The average Bonchev–Trinajstić information content (AvgIpc) is 3.10. The predicted molar refractivity (Wildman–Crippen MR) is 113 cm³/mol. The quantitative estimate of drug-likeness (QED) is 0.456. The van der Waals surface area contributed by atoms with Crippen LogP contribution in [0.4, 0.5) is 5.82 Å². The van der Waals surface area contributed by atoms with Crippen molar-refractivity contribution in [2.24, 2.45) is 0 Å². The lowest BCUT2D eigenvalue weighted by molar-refractivity contribution is 0.410. The summed E-state index contributed by atoms with van der Waals surface area (Å²) in [6.45, 7) is 4.43. The highest BCUT2D eigenvalue weighted by Crippen LogP contribution is 2.31. The van der Waals surface area contributed by atoms with Gasteiger partial charge in [-0.1, -0.05) is 50.9 Å². The van der Waals surface area contributed by atoms with E-state index in [2.05, 4.69) is 43.3 Å². The van der Waals surface area contributed by atoms with Crippen LogP contribution in [0, 0.1) is 13.8 Å². The third-order valence-corrected chi connectivity index (χ3v) is 4.94. The Morgan fingerprint density at radius 1 is 1.07 bits per heavy atom. The number of anilines is 1. The van der Waals surface area contributed by atoms with Crippen molar-refractivity contribution in [3.63, 3.8) is 0 Å². The fourth-order valence-corrected chi connectivity index (χ4v) is 3.44. The maximum absolute atomic E-state index is 5.61. The molecule has 0 bridgehead atoms. The van der Waals surface area contributed by atoms with E-state index in [0.29, 0.717) is 35.0 Å². The zero-order chi connectivity index (χ0) is 19.7. The van der Waals surface area contributed by atoms with Crippen LogP contribution >= 0.6 is 15.9 Å². The molecule has 0 unspecified atom stereocenters. The number of aromatic nitrogens is 3. The van der Waals surface area contributed by atoms with Gasteiger partial charge in [0.1, 0.15) is 22.8 Å². The van der Waals surface area contributed by atoms with E-state index in [1.165, 1.54) is 5.56 Å². The van der Waals surface area contributed by atoms with Crippen molar-refractivity contribution in [2.45, 2.75) is 20.4 Å². The number of rotatable bonds is 5. The van der Waals surface area contributed by atoms with Gasteiger partial charge in [-0.15, -0.1) is 0 Å². The molecule has 0 saturated carbocycles. The number of nitrogens with one attached hydrogen (secondary N) is 1. The number of halogens is 1. The van der Waals surface area contributed by atoms with Crippen molar-refractivity contribution in [1.82, 2.24) is 15.1 Å². The van der Waals surface area contributed by atoms with Crippen LogP contribution in [0.3, 0.4) is 0 Å². The lowest BCUT2D eigenvalue weighted by atomic mass is 10.1. The zero-order valence-corrected chi connectivity index (χ0v) is 17.4. The van der Waals surface area contributed by atoms with Gasteiger partial charge in [0, 0.05) is 22.1 Å². The van der Waals surface area contributed by atoms with Gasteiger partial charge in [0.25, 0.3) is 0 Å². The summed E-state index contributed by atoms with van der Waals surface area (Å²) in [5.41, 5.74) is 5.09. The van der Waals surface area contributed by atoms with Crippen molar-refractivity contribution in [2.75, 3.05) is 12.4 Å². The van der Waals surface area contributed by atoms with Crippen LogP contribution in [-0.2, 0) is 6.54 Å². The summed E-state index contributed by atoms with van der Waals surface area (Å²) in [7, 11) is 1.66. The van der Waals surface area contributed by atoms with Gasteiger partial charge in [-0.25, -0.2) is 9.97 Å². The normalized spacial score (nSPS) is 11.0. The molecular weight excluding hydrogens is 420 g/mol. The summed E-state index contributed by atoms with van der Waals surface area (Å²) in [5.74, 6) is 2.05. The first-order chi connectivity index (χ1) is 13.5. The number of aryl methyl sites for hydroxylation is 2. The SMILES string of the molecule is COc1ccc(Br)cc1CNc1nc(C)nc2c(-c3ccc(C)cc3)noc12. The number of benzene rings is 2. The van der Waals surface area contributed by atoms with Gasteiger partial charge in [0.2, 0.25) is 5.58 Å². The topological polar surface area (TPSA) is 73.1 Å². The van der Waals surface area contributed by atoms with Crippen LogP contribution in [0.2, 0.25) is 0 Å². The second-order valence-corrected chi connectivity index (χ2v) is 7.42. The van der Waals surface area contributed by atoms with Crippen LogP contribution in [0.1, 0.15) is 17.0 Å². The number of methoxy groups -OCH3 is 1. The molecule has 1 N–H and O–H groups in total. The van der Waals surface area contributed by atoms with Crippen molar-refractivity contribution < 1.29 is 9.26 Å². The third-order valence-electron chi connectivity index (χ3n) is 4.44. The monoisotopic (exact) mass is 438 g/mol. The molecule has 0 amide bonds. The number of hydrogen-bond acceptors (Lipinski definition) is 6. The van der Waals surface area contributed by atoms with E-state index in [-0.39, 0.29) is 0 Å². The highest BCUT2D eigenvalue weighted by molar-refractivity contribution is 9.10. The van der Waals surface area contributed by atoms with E-state index in [4.69, 9.17) is 9.26 Å². The molecule has 0 atom stereocenters. The molecule has 0 aliphatic heterocycles. The smallest absolute Gasteiger partial charge is 0.228 e. The second kappa shape index (κ2) is 7.59. The van der Waals surface area contributed by atoms with E-state index >= 15 is 0 Å². The zero-order valence-electron chi connectivity index (χ0n) is 15.8. The van der Waals surface area contributed by atoms with Gasteiger partial charge < -0.3 is 14.6 Å². The average molecular weight is 439 g/mol. The first kappa shape index (κ1) is 18.4. The fraction of sp³-hybridized carbons (Fsp3) is 0.190. The molecule has 0 radical (unpaired) electrons. The Morgan fingerprint density at radius 2 is 1.86 bits per heavy atom. The van der Waals surface area contributed by atoms with E-state index in [1.54, 1.807) is 7.11 Å². The minimum Gasteiger partial charge on any atom is -0.496 e. The predicted octanol–water partition coefficient (Wildman–Crippen LogP) is 5.28. The highest BCUT2D eigenvalue weighted by atomic mass is 79.9. The molecule has 142 valence electrons. The van der Waals surface area contributed by atoms with Gasteiger partial charge in [0.05, 0.1) is 7.11 Å². The van der Waals surface area contributed by atoms with E-state index in [9.17, 15) is 0 Å². The molecule has 28 heavy (non-hydrogen) atoms. The molecule has 4 aromatic rings. The number of fused-ring (bicyclic) bond motifs is 1. The highest BCUT2D eigenvalue weighted by Gasteiger charge is 2.18. The molecule has 0 aliphatic carbocycles. The molecular formula is C21H19BrN4O2. The largest absolute Gasteiger partial charge is 0.496 e.